The molecule has 8 heteroatoms. The first-order valence-corrected chi connectivity index (χ1v) is 9.68. The molecule has 2 aromatic carbocycles. The molecule has 0 aliphatic rings. The van der Waals surface area contributed by atoms with Crippen LogP contribution >= 0.6 is 11.3 Å². The minimum atomic E-state index is -0.243. The third-order valence-corrected chi connectivity index (χ3v) is 4.92. The number of carbonyl (C=O) groups is 1. The van der Waals surface area contributed by atoms with E-state index in [1.807, 2.05) is 54.8 Å². The summed E-state index contributed by atoms with van der Waals surface area (Å²) in [7, 11) is 0. The molecule has 0 aliphatic heterocycles. The summed E-state index contributed by atoms with van der Waals surface area (Å²) in [6.45, 7) is 2.54. The topological polar surface area (TPSA) is 99.9 Å². The van der Waals surface area contributed by atoms with Gasteiger partial charge in [0.05, 0.1) is 29.8 Å². The first kappa shape index (κ1) is 18.0. The zero-order valence-corrected chi connectivity index (χ0v) is 15.9. The number of H-pyrrole nitrogens is 2. The zero-order chi connectivity index (χ0) is 19.5. The second-order valence-electron chi connectivity index (χ2n) is 6.18. The summed E-state index contributed by atoms with van der Waals surface area (Å²) < 4.78 is 5.40. The minimum absolute atomic E-state index is 0.129. The number of benzene rings is 2. The van der Waals surface area contributed by atoms with Gasteiger partial charge in [0.25, 0.3) is 0 Å². The highest BCUT2D eigenvalue weighted by Crippen LogP contribution is 2.26. The molecule has 0 fully saturated rings. The van der Waals surface area contributed by atoms with Crippen molar-refractivity contribution in [1.29, 1.82) is 0 Å². The van der Waals surface area contributed by atoms with Crippen molar-refractivity contribution < 1.29 is 9.53 Å². The summed E-state index contributed by atoms with van der Waals surface area (Å²) in [6.07, 6.45) is 0.262. The molecule has 3 N–H and O–H groups in total. The monoisotopic (exact) mass is 394 g/mol. The molecule has 0 spiro atoms. The van der Waals surface area contributed by atoms with Gasteiger partial charge in [0.2, 0.25) is 5.91 Å². The molecule has 2 heterocycles. The molecule has 0 bridgehead atoms. The SMILES string of the molecule is CCOc1ccc(CC(=O)Nc2nc(-c3ccc4[nH]c(=O)[nH]c4c3)cs2)cc1. The number of ether oxygens (including phenoxy) is 1. The van der Waals surface area contributed by atoms with Gasteiger partial charge in [-0.2, -0.15) is 0 Å². The Morgan fingerprint density at radius 3 is 2.71 bits per heavy atom. The van der Waals surface area contributed by atoms with Crippen molar-refractivity contribution in [2.75, 3.05) is 11.9 Å². The smallest absolute Gasteiger partial charge is 0.323 e. The van der Waals surface area contributed by atoms with Crippen LogP contribution in [0.4, 0.5) is 5.13 Å². The number of nitrogens with one attached hydrogen (secondary N) is 3. The summed E-state index contributed by atoms with van der Waals surface area (Å²) in [5.74, 6) is 0.660. The molecule has 2 aromatic heterocycles. The Morgan fingerprint density at radius 2 is 1.93 bits per heavy atom. The molecule has 0 unspecified atom stereocenters. The maximum Gasteiger partial charge on any atom is 0.323 e. The number of amides is 1. The Morgan fingerprint density at radius 1 is 1.14 bits per heavy atom. The predicted octanol–water partition coefficient (Wildman–Crippen LogP) is 3.56. The standard InChI is InChI=1S/C20H18N4O3S/c1-2-27-14-6-3-12(4-7-14)9-18(25)24-20-23-17(11-28-20)13-5-8-15-16(10-13)22-19(26)21-15/h3-8,10-11H,2,9H2,1H3,(H2,21,22,26)(H,23,24,25). The number of anilines is 1. The molecule has 0 aliphatic carbocycles. The quantitative estimate of drug-likeness (QED) is 0.465. The van der Waals surface area contributed by atoms with Crippen molar-refractivity contribution in [3.8, 4) is 17.0 Å². The highest BCUT2D eigenvalue weighted by Gasteiger charge is 2.10. The summed E-state index contributed by atoms with van der Waals surface area (Å²) >= 11 is 1.36. The summed E-state index contributed by atoms with van der Waals surface area (Å²) in [4.78, 5) is 33.6. The number of hydrogen-bond acceptors (Lipinski definition) is 5. The fraction of sp³-hybridized carbons (Fsp3) is 0.150. The van der Waals surface area contributed by atoms with E-state index in [4.69, 9.17) is 4.74 Å². The van der Waals surface area contributed by atoms with Crippen molar-refractivity contribution in [3.05, 3.63) is 63.9 Å². The normalized spacial score (nSPS) is 10.9. The molecule has 4 rings (SSSR count). The van der Waals surface area contributed by atoms with Gasteiger partial charge in [0.15, 0.2) is 5.13 Å². The number of carbonyl (C=O) groups excluding carboxylic acids is 1. The van der Waals surface area contributed by atoms with Crippen molar-refractivity contribution in [3.63, 3.8) is 0 Å². The number of nitrogens with zero attached hydrogens (tertiary/aromatic N) is 1. The van der Waals surface area contributed by atoms with Gasteiger partial charge in [-0.1, -0.05) is 18.2 Å². The molecule has 7 nitrogen and oxygen atoms in total. The maximum absolute atomic E-state index is 12.3. The molecular weight excluding hydrogens is 376 g/mol. The number of aromatic nitrogens is 3. The van der Waals surface area contributed by atoms with Gasteiger partial charge in [-0.3, -0.25) is 4.79 Å². The zero-order valence-electron chi connectivity index (χ0n) is 15.1. The molecule has 4 aromatic rings. The highest BCUT2D eigenvalue weighted by atomic mass is 32.1. The van der Waals surface area contributed by atoms with E-state index in [0.717, 1.165) is 33.6 Å². The summed E-state index contributed by atoms with van der Waals surface area (Å²) in [6, 6.07) is 13.0. The molecule has 142 valence electrons. The van der Waals surface area contributed by atoms with E-state index in [-0.39, 0.29) is 18.0 Å². The Bertz CT molecular complexity index is 1170. The fourth-order valence-electron chi connectivity index (χ4n) is 2.87. The molecule has 0 saturated heterocycles. The third-order valence-electron chi connectivity index (χ3n) is 4.16. The van der Waals surface area contributed by atoms with Crippen LogP contribution in [0.15, 0.2) is 52.6 Å². The lowest BCUT2D eigenvalue weighted by molar-refractivity contribution is -0.115. The highest BCUT2D eigenvalue weighted by molar-refractivity contribution is 7.14. The molecule has 0 radical (unpaired) electrons. The summed E-state index contributed by atoms with van der Waals surface area (Å²) in [5, 5.41) is 5.24. The van der Waals surface area contributed by atoms with Gasteiger partial charge in [-0.25, -0.2) is 9.78 Å². The second kappa shape index (κ2) is 7.69. The van der Waals surface area contributed by atoms with Crippen LogP contribution in [-0.2, 0) is 11.2 Å². The first-order chi connectivity index (χ1) is 13.6. The Labute approximate surface area is 164 Å². The van der Waals surface area contributed by atoms with Crippen LogP contribution < -0.4 is 15.7 Å². The number of hydrogen-bond donors (Lipinski definition) is 3. The van der Waals surface area contributed by atoms with E-state index in [2.05, 4.69) is 20.3 Å². The average molecular weight is 394 g/mol. The number of rotatable bonds is 6. The van der Waals surface area contributed by atoms with Gasteiger partial charge in [-0.15, -0.1) is 11.3 Å². The second-order valence-corrected chi connectivity index (χ2v) is 7.04. The van der Waals surface area contributed by atoms with E-state index < -0.39 is 0 Å². The van der Waals surface area contributed by atoms with E-state index in [1.54, 1.807) is 0 Å². The molecular formula is C20H18N4O3S. The Balaban J connectivity index is 1.43. The van der Waals surface area contributed by atoms with Gasteiger partial charge in [0, 0.05) is 10.9 Å². The van der Waals surface area contributed by atoms with Gasteiger partial charge >= 0.3 is 5.69 Å². The minimum Gasteiger partial charge on any atom is -0.494 e. The predicted molar refractivity (Wildman–Crippen MR) is 110 cm³/mol. The van der Waals surface area contributed by atoms with Crippen molar-refractivity contribution in [2.24, 2.45) is 0 Å². The van der Waals surface area contributed by atoms with Crippen LogP contribution in [0.25, 0.3) is 22.3 Å². The average Bonchev–Trinajstić information content (AvgIpc) is 3.28. The Kier molecular flexibility index (Phi) is 4.94. The fourth-order valence-corrected chi connectivity index (χ4v) is 3.61. The molecule has 0 atom stereocenters. The van der Waals surface area contributed by atoms with Crippen LogP contribution in [0.1, 0.15) is 12.5 Å². The largest absolute Gasteiger partial charge is 0.494 e. The first-order valence-electron chi connectivity index (χ1n) is 8.80. The van der Waals surface area contributed by atoms with Crippen LogP contribution in [-0.4, -0.2) is 27.5 Å². The molecule has 1 amide bonds. The van der Waals surface area contributed by atoms with Crippen LogP contribution in [0, 0.1) is 0 Å². The van der Waals surface area contributed by atoms with Crippen molar-refractivity contribution in [2.45, 2.75) is 13.3 Å². The van der Waals surface area contributed by atoms with Gasteiger partial charge in [0.1, 0.15) is 5.75 Å². The maximum atomic E-state index is 12.3. The van der Waals surface area contributed by atoms with Gasteiger partial charge in [-0.05, 0) is 36.8 Å². The lowest BCUT2D eigenvalue weighted by atomic mass is 10.1. The van der Waals surface area contributed by atoms with E-state index in [9.17, 15) is 9.59 Å². The number of aromatic amines is 2. The van der Waals surface area contributed by atoms with Crippen molar-refractivity contribution in [1.82, 2.24) is 15.0 Å². The molecule has 28 heavy (non-hydrogen) atoms. The van der Waals surface area contributed by atoms with Crippen LogP contribution in [0.5, 0.6) is 5.75 Å². The van der Waals surface area contributed by atoms with Crippen LogP contribution in [0.2, 0.25) is 0 Å². The Hall–Kier alpha value is -3.39. The van der Waals surface area contributed by atoms with Crippen LogP contribution in [0.3, 0.4) is 0 Å². The molecule has 0 saturated carbocycles. The number of imidazole rings is 1. The number of fused-ring (bicyclic) bond motifs is 1. The summed E-state index contributed by atoms with van der Waals surface area (Å²) in [5.41, 5.74) is 3.73. The third kappa shape index (κ3) is 3.96. The van der Waals surface area contributed by atoms with E-state index in [0.29, 0.717) is 11.7 Å². The van der Waals surface area contributed by atoms with E-state index >= 15 is 0 Å². The van der Waals surface area contributed by atoms with Gasteiger partial charge < -0.3 is 20.0 Å². The number of thiazole rings is 1. The van der Waals surface area contributed by atoms with Crippen molar-refractivity contribution >= 4 is 33.4 Å². The van der Waals surface area contributed by atoms with E-state index in [1.165, 1.54) is 11.3 Å². The lowest BCUT2D eigenvalue weighted by Crippen LogP contribution is -2.14. The lowest BCUT2D eigenvalue weighted by Gasteiger charge is -2.05.